The summed E-state index contributed by atoms with van der Waals surface area (Å²) in [4.78, 5) is 4.65. The highest BCUT2D eigenvalue weighted by Crippen LogP contribution is 2.25. The maximum Gasteiger partial charge on any atom is 0.109 e. The van der Waals surface area contributed by atoms with Crippen LogP contribution in [0.15, 0.2) is 6.20 Å². The van der Waals surface area contributed by atoms with Gasteiger partial charge in [0.15, 0.2) is 0 Å². The Morgan fingerprint density at radius 2 is 2.18 bits per heavy atom. The second-order valence-electron chi connectivity index (χ2n) is 5.68. The van der Waals surface area contributed by atoms with Gasteiger partial charge in [-0.05, 0) is 37.5 Å². The highest BCUT2D eigenvalue weighted by Gasteiger charge is 2.21. The summed E-state index contributed by atoms with van der Waals surface area (Å²) in [5, 5.41) is 0. The van der Waals surface area contributed by atoms with E-state index in [1.807, 2.05) is 0 Å². The smallest absolute Gasteiger partial charge is 0.109 e. The van der Waals surface area contributed by atoms with Crippen molar-refractivity contribution in [3.8, 4) is 0 Å². The fourth-order valence-corrected chi connectivity index (χ4v) is 3.05. The van der Waals surface area contributed by atoms with Crippen LogP contribution in [0.1, 0.15) is 37.7 Å². The molecular formula is C14H22N2O. The van der Waals surface area contributed by atoms with Crippen LogP contribution in [-0.4, -0.2) is 22.8 Å². The molecule has 0 N–H and O–H groups in total. The summed E-state index contributed by atoms with van der Waals surface area (Å²) >= 11 is 0. The molecule has 3 nitrogen and oxygen atoms in total. The van der Waals surface area contributed by atoms with Gasteiger partial charge in [-0.25, -0.2) is 4.98 Å². The Morgan fingerprint density at radius 1 is 1.35 bits per heavy atom. The Kier molecular flexibility index (Phi) is 3.19. The van der Waals surface area contributed by atoms with E-state index >= 15 is 0 Å². The van der Waals surface area contributed by atoms with Crippen LogP contribution < -0.4 is 0 Å². The average molecular weight is 234 g/mol. The number of rotatable bonds is 2. The summed E-state index contributed by atoms with van der Waals surface area (Å²) in [6.07, 6.45) is 8.19. The van der Waals surface area contributed by atoms with E-state index in [-0.39, 0.29) is 0 Å². The molecule has 0 amide bonds. The van der Waals surface area contributed by atoms with Crippen molar-refractivity contribution in [3.05, 3.63) is 17.7 Å². The van der Waals surface area contributed by atoms with Crippen LogP contribution in [0.4, 0.5) is 0 Å². The van der Waals surface area contributed by atoms with Crippen molar-refractivity contribution < 1.29 is 4.74 Å². The average Bonchev–Trinajstić information content (AvgIpc) is 2.73. The van der Waals surface area contributed by atoms with Gasteiger partial charge in [0.2, 0.25) is 0 Å². The van der Waals surface area contributed by atoms with E-state index in [0.29, 0.717) is 0 Å². The zero-order chi connectivity index (χ0) is 11.7. The summed E-state index contributed by atoms with van der Waals surface area (Å²) in [6, 6.07) is 0. The monoisotopic (exact) mass is 234 g/mol. The summed E-state index contributed by atoms with van der Waals surface area (Å²) in [6.45, 7) is 5.40. The Hall–Kier alpha value is -0.830. The molecule has 1 atom stereocenters. The molecule has 2 aliphatic rings. The zero-order valence-corrected chi connectivity index (χ0v) is 10.7. The van der Waals surface area contributed by atoms with E-state index in [2.05, 4.69) is 22.7 Å². The van der Waals surface area contributed by atoms with Gasteiger partial charge < -0.3 is 9.30 Å². The number of hydrogen-bond acceptors (Lipinski definition) is 2. The second kappa shape index (κ2) is 4.81. The van der Waals surface area contributed by atoms with Crippen LogP contribution in [0.5, 0.6) is 0 Å². The van der Waals surface area contributed by atoms with E-state index < -0.39 is 0 Å². The highest BCUT2D eigenvalue weighted by atomic mass is 16.5. The lowest BCUT2D eigenvalue weighted by Crippen LogP contribution is -2.23. The van der Waals surface area contributed by atoms with Crippen LogP contribution in [-0.2, 0) is 24.1 Å². The largest absolute Gasteiger partial charge is 0.381 e. The van der Waals surface area contributed by atoms with Gasteiger partial charge in [0.25, 0.3) is 0 Å². The van der Waals surface area contributed by atoms with Crippen molar-refractivity contribution in [2.45, 2.75) is 45.6 Å². The molecule has 1 saturated heterocycles. The quantitative estimate of drug-likeness (QED) is 0.786. The minimum atomic E-state index is 0.785. The number of imidazole rings is 1. The zero-order valence-electron chi connectivity index (χ0n) is 10.7. The first-order valence-corrected chi connectivity index (χ1v) is 6.94. The van der Waals surface area contributed by atoms with Gasteiger partial charge >= 0.3 is 0 Å². The lowest BCUT2D eigenvalue weighted by molar-refractivity contribution is 0.0656. The SMILES string of the molecule is CC1CCc2cnc(CC3CCOCC3)n2C1. The Balaban J connectivity index is 1.72. The molecule has 94 valence electrons. The molecule has 1 aromatic rings. The number of fused-ring (bicyclic) bond motifs is 1. The molecular weight excluding hydrogens is 212 g/mol. The van der Waals surface area contributed by atoms with Crippen LogP contribution in [0.2, 0.25) is 0 Å². The van der Waals surface area contributed by atoms with E-state index in [4.69, 9.17) is 4.74 Å². The predicted octanol–water partition coefficient (Wildman–Crippen LogP) is 2.43. The van der Waals surface area contributed by atoms with Crippen molar-refractivity contribution in [2.24, 2.45) is 11.8 Å². The summed E-state index contributed by atoms with van der Waals surface area (Å²) < 4.78 is 7.90. The first-order valence-electron chi connectivity index (χ1n) is 6.94. The second-order valence-corrected chi connectivity index (χ2v) is 5.68. The number of hydrogen-bond donors (Lipinski definition) is 0. The van der Waals surface area contributed by atoms with Crippen LogP contribution >= 0.6 is 0 Å². The molecule has 1 aromatic heterocycles. The van der Waals surface area contributed by atoms with E-state index in [1.54, 1.807) is 0 Å². The number of ether oxygens (including phenoxy) is 1. The summed E-state index contributed by atoms with van der Waals surface area (Å²) in [7, 11) is 0. The Labute approximate surface area is 103 Å². The molecule has 0 spiro atoms. The molecule has 3 heterocycles. The third-order valence-corrected chi connectivity index (χ3v) is 4.22. The molecule has 0 radical (unpaired) electrons. The van der Waals surface area contributed by atoms with Crippen LogP contribution in [0.25, 0.3) is 0 Å². The number of aromatic nitrogens is 2. The highest BCUT2D eigenvalue weighted by molar-refractivity contribution is 5.09. The number of aryl methyl sites for hydroxylation is 1. The molecule has 0 aromatic carbocycles. The van der Waals surface area contributed by atoms with Crippen LogP contribution in [0.3, 0.4) is 0 Å². The van der Waals surface area contributed by atoms with Gasteiger partial charge in [0.1, 0.15) is 5.82 Å². The van der Waals surface area contributed by atoms with Crippen molar-refractivity contribution in [2.75, 3.05) is 13.2 Å². The summed E-state index contributed by atoms with van der Waals surface area (Å²) in [5.74, 6) is 2.91. The predicted molar refractivity (Wildman–Crippen MR) is 67.0 cm³/mol. The van der Waals surface area contributed by atoms with E-state index in [0.717, 1.165) is 31.5 Å². The maximum absolute atomic E-state index is 5.42. The van der Waals surface area contributed by atoms with Crippen molar-refractivity contribution in [3.63, 3.8) is 0 Å². The minimum absolute atomic E-state index is 0.785. The molecule has 2 aliphatic heterocycles. The van der Waals surface area contributed by atoms with Gasteiger partial charge in [-0.3, -0.25) is 0 Å². The summed E-state index contributed by atoms with van der Waals surface area (Å²) in [5.41, 5.74) is 1.45. The molecule has 3 rings (SSSR count). The topological polar surface area (TPSA) is 27.1 Å². The third-order valence-electron chi connectivity index (χ3n) is 4.22. The van der Waals surface area contributed by atoms with Gasteiger partial charge in [-0.1, -0.05) is 6.92 Å². The molecule has 0 aliphatic carbocycles. The first-order chi connectivity index (χ1) is 8.33. The van der Waals surface area contributed by atoms with Crippen molar-refractivity contribution in [1.29, 1.82) is 0 Å². The fraction of sp³-hybridized carbons (Fsp3) is 0.786. The van der Waals surface area contributed by atoms with Gasteiger partial charge in [0, 0.05) is 38.1 Å². The standard InChI is InChI=1S/C14H22N2O/c1-11-2-3-13-9-15-14(16(13)10-11)8-12-4-6-17-7-5-12/h9,11-12H,2-8,10H2,1H3. The lowest BCUT2D eigenvalue weighted by atomic mass is 9.95. The van der Waals surface area contributed by atoms with Crippen molar-refractivity contribution in [1.82, 2.24) is 9.55 Å². The van der Waals surface area contributed by atoms with Crippen molar-refractivity contribution >= 4 is 0 Å². The molecule has 17 heavy (non-hydrogen) atoms. The Morgan fingerprint density at radius 3 is 3.00 bits per heavy atom. The molecule has 0 saturated carbocycles. The molecule has 1 unspecified atom stereocenters. The normalized spacial score (nSPS) is 25.8. The van der Waals surface area contributed by atoms with E-state index in [1.165, 1.54) is 43.7 Å². The van der Waals surface area contributed by atoms with Crippen LogP contribution in [0, 0.1) is 11.8 Å². The first kappa shape index (κ1) is 11.3. The minimum Gasteiger partial charge on any atom is -0.381 e. The lowest BCUT2D eigenvalue weighted by Gasteiger charge is -2.25. The fourth-order valence-electron chi connectivity index (χ4n) is 3.05. The maximum atomic E-state index is 5.42. The third kappa shape index (κ3) is 2.39. The molecule has 1 fully saturated rings. The molecule has 0 bridgehead atoms. The van der Waals surface area contributed by atoms with E-state index in [9.17, 15) is 0 Å². The van der Waals surface area contributed by atoms with Gasteiger partial charge in [-0.2, -0.15) is 0 Å². The van der Waals surface area contributed by atoms with Gasteiger partial charge in [0.05, 0.1) is 0 Å². The van der Waals surface area contributed by atoms with Gasteiger partial charge in [-0.15, -0.1) is 0 Å². The molecule has 3 heteroatoms. The Bertz CT molecular complexity index is 380. The number of nitrogens with zero attached hydrogens (tertiary/aromatic N) is 2.